The van der Waals surface area contributed by atoms with Crippen molar-refractivity contribution in [1.29, 1.82) is 0 Å². The summed E-state index contributed by atoms with van der Waals surface area (Å²) >= 11 is 0. The Balaban J connectivity index is 1.06. The molecule has 2 heterocycles. The van der Waals surface area contributed by atoms with Gasteiger partial charge in [-0.05, 0) is 92.0 Å². The Morgan fingerprint density at radius 3 is 1.30 bits per heavy atom. The van der Waals surface area contributed by atoms with Crippen molar-refractivity contribution in [2.75, 3.05) is 0 Å². The Morgan fingerprint density at radius 2 is 0.689 bits per heavy atom. The second kappa shape index (κ2) is 15.6. The third-order valence-electron chi connectivity index (χ3n) is 11.5. The van der Waals surface area contributed by atoms with Crippen molar-refractivity contribution in [1.82, 2.24) is 9.97 Å². The van der Waals surface area contributed by atoms with Gasteiger partial charge in [-0.2, -0.15) is 0 Å². The lowest BCUT2D eigenvalue weighted by Gasteiger charge is -2.19. The molecule has 0 saturated heterocycles. The van der Waals surface area contributed by atoms with Gasteiger partial charge in [0.25, 0.3) is 0 Å². The van der Waals surface area contributed by atoms with Crippen molar-refractivity contribution in [3.63, 3.8) is 0 Å². The van der Waals surface area contributed by atoms with Crippen LogP contribution in [0.15, 0.2) is 235 Å². The molecule has 0 atom stereocenters. The van der Waals surface area contributed by atoms with Crippen LogP contribution in [0.1, 0.15) is 0 Å². The number of para-hydroxylation sites is 1. The molecule has 11 aromatic rings. The molecule has 0 fully saturated rings. The average molecular weight is 779 g/mol. The maximum Gasteiger partial charge on any atom is 0.160 e. The van der Waals surface area contributed by atoms with Gasteiger partial charge in [-0.3, -0.25) is 0 Å². The van der Waals surface area contributed by atoms with Crippen LogP contribution in [-0.2, 0) is 0 Å². The van der Waals surface area contributed by atoms with E-state index in [1.165, 1.54) is 16.7 Å². The van der Waals surface area contributed by atoms with Crippen molar-refractivity contribution in [2.24, 2.45) is 0 Å². The van der Waals surface area contributed by atoms with Crippen LogP contribution in [0.4, 0.5) is 0 Å². The molecule has 2 aromatic heterocycles. The van der Waals surface area contributed by atoms with Crippen LogP contribution in [0, 0.1) is 0 Å². The Morgan fingerprint density at radius 1 is 0.262 bits per heavy atom. The summed E-state index contributed by atoms with van der Waals surface area (Å²) in [5.41, 5.74) is 18.1. The van der Waals surface area contributed by atoms with E-state index in [2.05, 4.69) is 194 Å². The molecule has 11 rings (SSSR count). The lowest BCUT2D eigenvalue weighted by molar-refractivity contribution is 0.669. The summed E-state index contributed by atoms with van der Waals surface area (Å²) in [6.07, 6.45) is 0. The third-order valence-corrected chi connectivity index (χ3v) is 11.5. The molecule has 0 bridgehead atoms. The molecule has 0 aliphatic carbocycles. The number of benzene rings is 9. The predicted octanol–water partition coefficient (Wildman–Crippen LogP) is 15.7. The van der Waals surface area contributed by atoms with E-state index < -0.39 is 0 Å². The second-order valence-electron chi connectivity index (χ2n) is 15.3. The van der Waals surface area contributed by atoms with Crippen LogP contribution < -0.4 is 0 Å². The molecule has 3 heteroatoms. The summed E-state index contributed by atoms with van der Waals surface area (Å²) in [5.74, 6) is 0.693. The first kappa shape index (κ1) is 36.0. The van der Waals surface area contributed by atoms with Crippen LogP contribution in [0.25, 0.3) is 111 Å². The number of aromatic nitrogens is 2. The number of nitrogens with zero attached hydrogens (tertiary/aromatic N) is 2. The van der Waals surface area contributed by atoms with Gasteiger partial charge in [0.1, 0.15) is 11.2 Å². The summed E-state index contributed by atoms with van der Waals surface area (Å²) in [6, 6.07) is 81.3. The molecule has 0 N–H and O–H groups in total. The van der Waals surface area contributed by atoms with Crippen molar-refractivity contribution in [2.45, 2.75) is 0 Å². The van der Waals surface area contributed by atoms with Gasteiger partial charge in [0.15, 0.2) is 5.82 Å². The normalized spacial score (nSPS) is 11.3. The quantitative estimate of drug-likeness (QED) is 0.154. The molecule has 61 heavy (non-hydrogen) atoms. The fourth-order valence-electron chi connectivity index (χ4n) is 8.45. The standard InChI is InChI=1S/C58H38N2O/c1-5-15-39(16-6-1)41-25-29-43(30-26-41)53-38-54(60-58(59-53)46-21-11-4-12-22-46)44-31-27-42(28-32-44)50-36-48(40-17-7-2-8-18-40)37-51(57(50)45-19-9-3-10-20-45)47-33-34-56-52(35-47)49-23-13-14-24-55(49)61-56/h1-38H. The first-order valence-electron chi connectivity index (χ1n) is 20.6. The van der Waals surface area contributed by atoms with Crippen LogP contribution >= 0.6 is 0 Å². The highest BCUT2D eigenvalue weighted by atomic mass is 16.3. The minimum Gasteiger partial charge on any atom is -0.456 e. The van der Waals surface area contributed by atoms with Crippen molar-refractivity contribution >= 4 is 21.9 Å². The molecule has 0 spiro atoms. The first-order chi connectivity index (χ1) is 30.2. The smallest absolute Gasteiger partial charge is 0.160 e. The Kier molecular flexibility index (Phi) is 9.18. The van der Waals surface area contributed by atoms with E-state index in [4.69, 9.17) is 14.4 Å². The van der Waals surface area contributed by atoms with Crippen molar-refractivity contribution in [3.8, 4) is 89.5 Å². The summed E-state index contributed by atoms with van der Waals surface area (Å²) in [7, 11) is 0. The minimum atomic E-state index is 0.693. The number of fused-ring (bicyclic) bond motifs is 3. The molecule has 286 valence electrons. The topological polar surface area (TPSA) is 38.9 Å². The van der Waals surface area contributed by atoms with Crippen molar-refractivity contribution in [3.05, 3.63) is 231 Å². The lowest BCUT2D eigenvalue weighted by atomic mass is 9.84. The van der Waals surface area contributed by atoms with Gasteiger partial charge in [-0.25, -0.2) is 9.97 Å². The molecule has 0 aliphatic rings. The maximum absolute atomic E-state index is 6.27. The molecule has 9 aromatic carbocycles. The molecule has 0 radical (unpaired) electrons. The van der Waals surface area contributed by atoms with Crippen LogP contribution in [0.3, 0.4) is 0 Å². The monoisotopic (exact) mass is 778 g/mol. The van der Waals surface area contributed by atoms with Gasteiger partial charge in [0, 0.05) is 27.5 Å². The van der Waals surface area contributed by atoms with Gasteiger partial charge in [0.05, 0.1) is 11.4 Å². The zero-order chi connectivity index (χ0) is 40.5. The fraction of sp³-hybridized carbons (Fsp3) is 0. The molecule has 3 nitrogen and oxygen atoms in total. The van der Waals surface area contributed by atoms with E-state index in [-0.39, 0.29) is 0 Å². The fourth-order valence-corrected chi connectivity index (χ4v) is 8.45. The zero-order valence-electron chi connectivity index (χ0n) is 33.2. The van der Waals surface area contributed by atoms with Crippen molar-refractivity contribution < 1.29 is 4.42 Å². The third kappa shape index (κ3) is 6.98. The van der Waals surface area contributed by atoms with Gasteiger partial charge >= 0.3 is 0 Å². The summed E-state index contributed by atoms with van der Waals surface area (Å²) in [4.78, 5) is 10.3. The van der Waals surface area contributed by atoms with E-state index in [1.807, 2.05) is 36.4 Å². The van der Waals surface area contributed by atoms with E-state index in [9.17, 15) is 0 Å². The number of rotatable bonds is 8. The van der Waals surface area contributed by atoms with Gasteiger partial charge < -0.3 is 4.42 Å². The molecule has 0 amide bonds. The number of hydrogen-bond donors (Lipinski definition) is 0. The Bertz CT molecular complexity index is 3300. The first-order valence-corrected chi connectivity index (χ1v) is 20.6. The van der Waals surface area contributed by atoms with Gasteiger partial charge in [-0.1, -0.05) is 194 Å². The van der Waals surface area contributed by atoms with E-state index in [0.29, 0.717) is 5.82 Å². The molecular weight excluding hydrogens is 741 g/mol. The summed E-state index contributed by atoms with van der Waals surface area (Å²) < 4.78 is 6.27. The maximum atomic E-state index is 6.27. The SMILES string of the molecule is c1ccc(-c2ccc(-c3cc(-c4ccc(-c5cc(-c6ccccc6)cc(-c6ccc7oc8ccccc8c7c6)c5-c5ccccc5)cc4)nc(-c4ccccc4)n3)cc2)cc1. The predicted molar refractivity (Wildman–Crippen MR) is 253 cm³/mol. The van der Waals surface area contributed by atoms with E-state index >= 15 is 0 Å². The van der Waals surface area contributed by atoms with Crippen LogP contribution in [-0.4, -0.2) is 9.97 Å². The highest BCUT2D eigenvalue weighted by Gasteiger charge is 2.19. The van der Waals surface area contributed by atoms with Crippen LogP contribution in [0.5, 0.6) is 0 Å². The molecule has 0 saturated carbocycles. The minimum absolute atomic E-state index is 0.693. The highest BCUT2D eigenvalue weighted by Crippen LogP contribution is 2.45. The average Bonchev–Trinajstić information content (AvgIpc) is 3.73. The molecule has 0 unspecified atom stereocenters. The van der Waals surface area contributed by atoms with Gasteiger partial charge in [0.2, 0.25) is 0 Å². The largest absolute Gasteiger partial charge is 0.456 e. The van der Waals surface area contributed by atoms with E-state index in [0.717, 1.165) is 89.0 Å². The summed E-state index contributed by atoms with van der Waals surface area (Å²) in [6.45, 7) is 0. The lowest BCUT2D eigenvalue weighted by Crippen LogP contribution is -1.96. The van der Waals surface area contributed by atoms with E-state index in [1.54, 1.807) is 0 Å². The molecular formula is C58H38N2O. The Labute approximate surface area is 354 Å². The second-order valence-corrected chi connectivity index (χ2v) is 15.3. The number of hydrogen-bond acceptors (Lipinski definition) is 3. The number of furan rings is 1. The molecule has 0 aliphatic heterocycles. The van der Waals surface area contributed by atoms with Gasteiger partial charge in [-0.15, -0.1) is 0 Å². The highest BCUT2D eigenvalue weighted by molar-refractivity contribution is 6.07. The van der Waals surface area contributed by atoms with Crippen LogP contribution in [0.2, 0.25) is 0 Å². The summed E-state index contributed by atoms with van der Waals surface area (Å²) in [5, 5.41) is 2.22. The zero-order valence-corrected chi connectivity index (χ0v) is 33.2. The Hall–Kier alpha value is -8.14.